The molecule has 0 aliphatic rings. The highest BCUT2D eigenvalue weighted by molar-refractivity contribution is 9.10. The lowest BCUT2D eigenvalue weighted by atomic mass is 9.99. The minimum atomic E-state index is -4.70. The van der Waals surface area contributed by atoms with Crippen molar-refractivity contribution in [2.45, 2.75) is 19.5 Å². The van der Waals surface area contributed by atoms with Crippen LogP contribution in [0.2, 0.25) is 0 Å². The summed E-state index contributed by atoms with van der Waals surface area (Å²) < 4.78 is 39.2. The third-order valence-electron chi connectivity index (χ3n) is 2.52. The maximum absolute atomic E-state index is 12.8. The number of ketones is 1. The van der Waals surface area contributed by atoms with Gasteiger partial charge in [0.25, 0.3) is 0 Å². The molecule has 0 saturated carbocycles. The van der Waals surface area contributed by atoms with E-state index in [0.29, 0.717) is 11.8 Å². The third kappa shape index (κ3) is 4.94. The highest BCUT2D eigenvalue weighted by Crippen LogP contribution is 2.33. The molecule has 0 bridgehead atoms. The van der Waals surface area contributed by atoms with Crippen LogP contribution in [0.1, 0.15) is 23.7 Å². The van der Waals surface area contributed by atoms with E-state index in [2.05, 4.69) is 15.9 Å². The van der Waals surface area contributed by atoms with Crippen molar-refractivity contribution in [2.24, 2.45) is 5.92 Å². The Balaban J connectivity index is 2.87. The van der Waals surface area contributed by atoms with E-state index in [-0.39, 0.29) is 11.3 Å². The van der Waals surface area contributed by atoms with Crippen molar-refractivity contribution in [1.29, 1.82) is 0 Å². The molecule has 0 N–H and O–H groups in total. The molecule has 1 rings (SSSR count). The first-order chi connectivity index (χ1) is 9.25. The van der Waals surface area contributed by atoms with Gasteiger partial charge in [-0.3, -0.25) is 9.59 Å². The number of alkyl halides is 3. The highest BCUT2D eigenvalue weighted by atomic mass is 79.9. The molecule has 1 aromatic carbocycles. The van der Waals surface area contributed by atoms with E-state index in [0.717, 1.165) is 4.47 Å². The monoisotopic (exact) mass is 368 g/mol. The molecule has 110 valence electrons. The number of hydrogen-bond acceptors (Lipinski definition) is 3. The standard InChI is InChI=1S/C13H12BrF3O2S/c1-2-20-12(19)10(13(15,16)17)7-11(18)8-3-5-9(14)6-4-8/h3-6,10H,2,7H2,1H3. The molecule has 0 radical (unpaired) electrons. The summed E-state index contributed by atoms with van der Waals surface area (Å²) in [6.45, 7) is 1.59. The second-order valence-electron chi connectivity index (χ2n) is 3.98. The van der Waals surface area contributed by atoms with Gasteiger partial charge >= 0.3 is 6.18 Å². The van der Waals surface area contributed by atoms with Gasteiger partial charge < -0.3 is 0 Å². The molecule has 1 aromatic rings. The molecule has 0 aliphatic heterocycles. The molecule has 2 nitrogen and oxygen atoms in total. The number of benzene rings is 1. The number of Topliss-reactive ketones (excluding diaryl/α,β-unsaturated/α-hetero) is 1. The molecule has 0 aliphatic carbocycles. The number of thioether (sulfide) groups is 1. The largest absolute Gasteiger partial charge is 0.399 e. The van der Waals surface area contributed by atoms with Crippen molar-refractivity contribution >= 4 is 38.6 Å². The Hall–Kier alpha value is -0.820. The molecule has 1 unspecified atom stereocenters. The quantitative estimate of drug-likeness (QED) is 0.718. The fraction of sp³-hybridized carbons (Fsp3) is 0.385. The maximum Gasteiger partial charge on any atom is 0.399 e. The minimum absolute atomic E-state index is 0.164. The van der Waals surface area contributed by atoms with Gasteiger partial charge in [0.2, 0.25) is 5.12 Å². The normalized spacial score (nSPS) is 13.1. The van der Waals surface area contributed by atoms with E-state index in [1.165, 1.54) is 12.1 Å². The fourth-order valence-electron chi connectivity index (χ4n) is 1.51. The van der Waals surface area contributed by atoms with Crippen molar-refractivity contribution in [3.05, 3.63) is 34.3 Å². The summed E-state index contributed by atoms with van der Waals surface area (Å²) in [6.07, 6.45) is -5.55. The van der Waals surface area contributed by atoms with E-state index in [9.17, 15) is 22.8 Å². The number of hydrogen-bond donors (Lipinski definition) is 0. The molecule has 0 spiro atoms. The smallest absolute Gasteiger partial charge is 0.294 e. The number of halogens is 4. The van der Waals surface area contributed by atoms with Crippen LogP contribution in [0.4, 0.5) is 13.2 Å². The molecule has 0 saturated heterocycles. The van der Waals surface area contributed by atoms with Gasteiger partial charge in [-0.1, -0.05) is 46.7 Å². The van der Waals surface area contributed by atoms with Crippen molar-refractivity contribution in [1.82, 2.24) is 0 Å². The average Bonchev–Trinajstić information content (AvgIpc) is 2.35. The van der Waals surface area contributed by atoms with E-state index >= 15 is 0 Å². The SMILES string of the molecule is CCSC(=O)C(CC(=O)c1ccc(Br)cc1)C(F)(F)F. The van der Waals surface area contributed by atoms with Gasteiger partial charge in [0.05, 0.1) is 0 Å². The molecule has 0 amide bonds. The molecule has 0 heterocycles. The summed E-state index contributed by atoms with van der Waals surface area (Å²) in [5.74, 6) is -2.69. The van der Waals surface area contributed by atoms with Crippen LogP contribution in [0.3, 0.4) is 0 Å². The fourth-order valence-corrected chi connectivity index (χ4v) is 2.48. The van der Waals surface area contributed by atoms with Gasteiger partial charge in [0.15, 0.2) is 5.78 Å². The molecule has 20 heavy (non-hydrogen) atoms. The Bertz CT molecular complexity index is 485. The first-order valence-corrected chi connectivity index (χ1v) is 7.55. The number of rotatable bonds is 5. The Morgan fingerprint density at radius 2 is 1.80 bits per heavy atom. The predicted octanol–water partition coefficient (Wildman–Crippen LogP) is 4.48. The maximum atomic E-state index is 12.8. The highest BCUT2D eigenvalue weighted by Gasteiger charge is 2.45. The molecule has 7 heteroatoms. The lowest BCUT2D eigenvalue weighted by Crippen LogP contribution is -2.31. The van der Waals surface area contributed by atoms with Crippen LogP contribution in [0, 0.1) is 5.92 Å². The lowest BCUT2D eigenvalue weighted by Gasteiger charge is -2.17. The Kier molecular flexibility index (Phi) is 6.26. The van der Waals surface area contributed by atoms with Crippen LogP contribution in [0.25, 0.3) is 0 Å². The van der Waals surface area contributed by atoms with Gasteiger partial charge in [-0.25, -0.2) is 0 Å². The second kappa shape index (κ2) is 7.26. The summed E-state index contributed by atoms with van der Waals surface area (Å²) in [4.78, 5) is 23.3. The lowest BCUT2D eigenvalue weighted by molar-refractivity contribution is -0.175. The zero-order valence-electron chi connectivity index (χ0n) is 10.5. The first-order valence-electron chi connectivity index (χ1n) is 5.77. The van der Waals surface area contributed by atoms with Crippen molar-refractivity contribution < 1.29 is 22.8 Å². The van der Waals surface area contributed by atoms with Gasteiger partial charge in [-0.05, 0) is 17.9 Å². The summed E-state index contributed by atoms with van der Waals surface area (Å²) in [5, 5.41) is -1.01. The van der Waals surface area contributed by atoms with Crippen LogP contribution in [-0.4, -0.2) is 22.8 Å². The Morgan fingerprint density at radius 1 is 1.25 bits per heavy atom. The summed E-state index contributed by atoms with van der Waals surface area (Å²) in [6, 6.07) is 5.99. The zero-order valence-corrected chi connectivity index (χ0v) is 12.9. The van der Waals surface area contributed by atoms with Crippen LogP contribution in [-0.2, 0) is 4.79 Å². The molecular weight excluding hydrogens is 357 g/mol. The summed E-state index contributed by atoms with van der Waals surface area (Å²) >= 11 is 3.76. The second-order valence-corrected chi connectivity index (χ2v) is 6.16. The van der Waals surface area contributed by atoms with Crippen LogP contribution in [0.5, 0.6) is 0 Å². The van der Waals surface area contributed by atoms with Gasteiger partial charge in [-0.2, -0.15) is 13.2 Å². The van der Waals surface area contributed by atoms with E-state index in [1.54, 1.807) is 19.1 Å². The number of carbonyl (C=O) groups is 2. The minimum Gasteiger partial charge on any atom is -0.294 e. The van der Waals surface area contributed by atoms with Gasteiger partial charge in [0.1, 0.15) is 5.92 Å². The third-order valence-corrected chi connectivity index (χ3v) is 3.91. The number of carbonyl (C=O) groups excluding carboxylic acids is 2. The van der Waals surface area contributed by atoms with Gasteiger partial charge in [-0.15, -0.1) is 0 Å². The van der Waals surface area contributed by atoms with Crippen LogP contribution < -0.4 is 0 Å². The van der Waals surface area contributed by atoms with E-state index in [4.69, 9.17) is 0 Å². The first kappa shape index (κ1) is 17.2. The van der Waals surface area contributed by atoms with Crippen molar-refractivity contribution in [2.75, 3.05) is 5.75 Å². The summed E-state index contributed by atoms with van der Waals surface area (Å²) in [7, 11) is 0. The van der Waals surface area contributed by atoms with Crippen molar-refractivity contribution in [3.8, 4) is 0 Å². The molecule has 1 atom stereocenters. The topological polar surface area (TPSA) is 34.1 Å². The predicted molar refractivity (Wildman–Crippen MR) is 75.8 cm³/mol. The zero-order chi connectivity index (χ0) is 15.3. The van der Waals surface area contributed by atoms with E-state index < -0.39 is 29.4 Å². The van der Waals surface area contributed by atoms with E-state index in [1.807, 2.05) is 0 Å². The molecule has 0 aromatic heterocycles. The van der Waals surface area contributed by atoms with Crippen LogP contribution in [0.15, 0.2) is 28.7 Å². The van der Waals surface area contributed by atoms with Crippen molar-refractivity contribution in [3.63, 3.8) is 0 Å². The summed E-state index contributed by atoms with van der Waals surface area (Å²) in [5.41, 5.74) is 0.164. The van der Waals surface area contributed by atoms with Gasteiger partial charge in [0, 0.05) is 16.5 Å². The Labute approximate surface area is 127 Å². The molecular formula is C13H12BrF3O2S. The van der Waals surface area contributed by atoms with Crippen LogP contribution >= 0.6 is 27.7 Å². The average molecular weight is 369 g/mol. The Morgan fingerprint density at radius 3 is 2.25 bits per heavy atom. The molecule has 0 fully saturated rings.